The van der Waals surface area contributed by atoms with Crippen molar-refractivity contribution < 1.29 is 14.3 Å². The minimum atomic E-state index is -1.16. The Balaban J connectivity index is 1.92. The van der Waals surface area contributed by atoms with Gasteiger partial charge < -0.3 is 10.4 Å². The zero-order chi connectivity index (χ0) is 17.8. The molecule has 4 rings (SSSR count). The smallest absolute Gasteiger partial charge is 0.250 e. The van der Waals surface area contributed by atoms with Gasteiger partial charge in [-0.3, -0.25) is 10.1 Å². The summed E-state index contributed by atoms with van der Waals surface area (Å²) >= 11 is 9.14. The maximum absolute atomic E-state index is 14.7. The number of carbonyl (C=O) groups is 1. The number of nitrogens with one attached hydrogen (secondary N) is 2. The molecule has 8 heteroatoms. The number of halogens is 3. The lowest BCUT2D eigenvalue weighted by molar-refractivity contribution is -0.122. The molecule has 1 spiro atoms. The van der Waals surface area contributed by atoms with Crippen LogP contribution < -0.4 is 10.6 Å². The van der Waals surface area contributed by atoms with Crippen LogP contribution in [0.1, 0.15) is 23.5 Å². The van der Waals surface area contributed by atoms with Gasteiger partial charge in [0.1, 0.15) is 10.1 Å². The van der Waals surface area contributed by atoms with Gasteiger partial charge in [0.05, 0.1) is 6.61 Å². The van der Waals surface area contributed by atoms with E-state index in [-0.39, 0.29) is 23.2 Å². The van der Waals surface area contributed by atoms with Crippen molar-refractivity contribution >= 4 is 39.1 Å². The first-order chi connectivity index (χ1) is 12.0. The molecule has 3 N–H and O–H groups in total. The van der Waals surface area contributed by atoms with Crippen LogP contribution in [0.3, 0.4) is 0 Å². The highest BCUT2D eigenvalue weighted by molar-refractivity contribution is 9.10. The Bertz CT molecular complexity index is 881. The summed E-state index contributed by atoms with van der Waals surface area (Å²) in [5.74, 6) is -1.27. The van der Waals surface area contributed by atoms with Gasteiger partial charge in [-0.1, -0.05) is 17.7 Å². The van der Waals surface area contributed by atoms with Crippen LogP contribution in [-0.4, -0.2) is 28.6 Å². The van der Waals surface area contributed by atoms with E-state index in [0.29, 0.717) is 28.3 Å². The molecule has 3 heterocycles. The summed E-state index contributed by atoms with van der Waals surface area (Å²) in [6.45, 7) is -0.150. The van der Waals surface area contributed by atoms with Gasteiger partial charge in [-0.25, -0.2) is 9.37 Å². The monoisotopic (exact) mass is 425 g/mol. The largest absolute Gasteiger partial charge is 0.395 e. The summed E-state index contributed by atoms with van der Waals surface area (Å²) in [7, 11) is 0. The average Bonchev–Trinajstić information content (AvgIpc) is 3.10. The first-order valence-electron chi connectivity index (χ1n) is 7.77. The van der Waals surface area contributed by atoms with Gasteiger partial charge in [0.25, 0.3) is 0 Å². The highest BCUT2D eigenvalue weighted by Gasteiger charge is 2.58. The second-order valence-corrected chi connectivity index (χ2v) is 7.46. The third-order valence-corrected chi connectivity index (χ3v) is 5.75. The van der Waals surface area contributed by atoms with Crippen LogP contribution in [-0.2, 0) is 10.3 Å². The van der Waals surface area contributed by atoms with Crippen LogP contribution in [0.25, 0.3) is 0 Å². The van der Waals surface area contributed by atoms with Gasteiger partial charge in [0, 0.05) is 34.4 Å². The zero-order valence-corrected chi connectivity index (χ0v) is 15.2. The van der Waals surface area contributed by atoms with Gasteiger partial charge in [-0.15, -0.1) is 0 Å². The Kier molecular flexibility index (Phi) is 4.07. The molecule has 0 saturated carbocycles. The number of fused-ring (bicyclic) bond motifs is 2. The molecule has 0 aliphatic carbocycles. The van der Waals surface area contributed by atoms with Crippen molar-refractivity contribution in [3.05, 3.63) is 57.0 Å². The van der Waals surface area contributed by atoms with Crippen molar-refractivity contribution in [2.45, 2.75) is 23.9 Å². The molecule has 3 atom stereocenters. The molecule has 1 fully saturated rings. The highest BCUT2D eigenvalue weighted by atomic mass is 79.9. The van der Waals surface area contributed by atoms with E-state index in [1.165, 1.54) is 6.20 Å². The SMILES string of the molecule is O=C1Nc2cc(Cl)ccc2[C@]12N[C@@H](CO)C[C@@H]2c1ccnc(Br)c1F. The summed E-state index contributed by atoms with van der Waals surface area (Å²) < 4.78 is 14.8. The van der Waals surface area contributed by atoms with Crippen molar-refractivity contribution in [3.8, 4) is 0 Å². The Morgan fingerprint density at radius 2 is 2.24 bits per heavy atom. The zero-order valence-electron chi connectivity index (χ0n) is 12.9. The van der Waals surface area contributed by atoms with E-state index < -0.39 is 17.3 Å². The van der Waals surface area contributed by atoms with Crippen LogP contribution >= 0.6 is 27.5 Å². The molecule has 0 bridgehead atoms. The number of aromatic nitrogens is 1. The maximum Gasteiger partial charge on any atom is 0.250 e. The summed E-state index contributed by atoms with van der Waals surface area (Å²) in [4.78, 5) is 16.9. The van der Waals surface area contributed by atoms with Gasteiger partial charge >= 0.3 is 0 Å². The lowest BCUT2D eigenvalue weighted by Crippen LogP contribution is -2.49. The minimum absolute atomic E-state index is 0.0994. The van der Waals surface area contributed by atoms with Crippen LogP contribution in [0.5, 0.6) is 0 Å². The Labute approximate surface area is 156 Å². The van der Waals surface area contributed by atoms with E-state index in [1.807, 2.05) is 0 Å². The van der Waals surface area contributed by atoms with Crippen molar-refractivity contribution in [1.29, 1.82) is 0 Å². The number of nitrogens with zero attached hydrogens (tertiary/aromatic N) is 1. The number of pyridine rings is 1. The predicted octanol–water partition coefficient (Wildman–Crippen LogP) is 2.92. The molecule has 1 saturated heterocycles. The average molecular weight is 427 g/mol. The molecule has 1 aromatic heterocycles. The Morgan fingerprint density at radius 1 is 1.44 bits per heavy atom. The molecule has 1 aromatic carbocycles. The molecule has 25 heavy (non-hydrogen) atoms. The molecule has 5 nitrogen and oxygen atoms in total. The number of hydrogen-bond donors (Lipinski definition) is 3. The van der Waals surface area contributed by atoms with E-state index in [1.54, 1.807) is 24.3 Å². The number of hydrogen-bond acceptors (Lipinski definition) is 4. The lowest BCUT2D eigenvalue weighted by Gasteiger charge is -2.30. The number of aliphatic hydroxyl groups excluding tert-OH is 1. The van der Waals surface area contributed by atoms with Gasteiger partial charge in [-0.2, -0.15) is 0 Å². The highest BCUT2D eigenvalue weighted by Crippen LogP contribution is 2.52. The van der Waals surface area contributed by atoms with Crippen molar-refractivity contribution in [3.63, 3.8) is 0 Å². The van der Waals surface area contributed by atoms with Crippen molar-refractivity contribution in [1.82, 2.24) is 10.3 Å². The molecule has 2 aliphatic heterocycles. The van der Waals surface area contributed by atoms with Gasteiger partial charge in [-0.05, 0) is 46.1 Å². The summed E-state index contributed by atoms with van der Waals surface area (Å²) in [5.41, 5.74) is 0.523. The fourth-order valence-corrected chi connectivity index (χ4v) is 4.44. The van der Waals surface area contributed by atoms with E-state index in [0.717, 1.165) is 0 Å². The number of carbonyl (C=O) groups excluding carboxylic acids is 1. The van der Waals surface area contributed by atoms with Crippen LogP contribution in [0.4, 0.5) is 10.1 Å². The van der Waals surface area contributed by atoms with E-state index in [4.69, 9.17) is 11.6 Å². The first-order valence-corrected chi connectivity index (χ1v) is 8.94. The number of anilines is 1. The molecular weight excluding hydrogens is 413 g/mol. The van der Waals surface area contributed by atoms with Crippen LogP contribution in [0.15, 0.2) is 35.1 Å². The molecule has 2 aromatic rings. The van der Waals surface area contributed by atoms with Crippen molar-refractivity contribution in [2.24, 2.45) is 0 Å². The maximum atomic E-state index is 14.7. The first kappa shape index (κ1) is 16.9. The van der Waals surface area contributed by atoms with E-state index in [9.17, 15) is 14.3 Å². The molecular formula is C17H14BrClFN3O2. The fourth-order valence-electron chi connectivity index (χ4n) is 3.92. The fraction of sp³-hybridized carbons (Fsp3) is 0.294. The third kappa shape index (κ3) is 2.41. The molecule has 130 valence electrons. The summed E-state index contributed by atoms with van der Waals surface area (Å²) in [5, 5.41) is 16.2. The van der Waals surface area contributed by atoms with Crippen LogP contribution in [0, 0.1) is 5.82 Å². The number of benzene rings is 1. The van der Waals surface area contributed by atoms with Gasteiger partial charge in [0.2, 0.25) is 5.91 Å². The summed E-state index contributed by atoms with van der Waals surface area (Å²) in [6.07, 6.45) is 1.91. The predicted molar refractivity (Wildman–Crippen MR) is 95.0 cm³/mol. The molecule has 0 unspecified atom stereocenters. The Morgan fingerprint density at radius 3 is 3.00 bits per heavy atom. The third-order valence-electron chi connectivity index (χ3n) is 4.96. The van der Waals surface area contributed by atoms with E-state index in [2.05, 4.69) is 31.5 Å². The van der Waals surface area contributed by atoms with Crippen LogP contribution in [0.2, 0.25) is 5.02 Å². The van der Waals surface area contributed by atoms with Gasteiger partial charge in [0.15, 0.2) is 5.82 Å². The molecule has 2 aliphatic rings. The normalized spacial score (nSPS) is 27.6. The van der Waals surface area contributed by atoms with E-state index >= 15 is 0 Å². The quantitative estimate of drug-likeness (QED) is 0.646. The second-order valence-electron chi connectivity index (χ2n) is 6.27. The second kappa shape index (κ2) is 6.02. The molecule has 1 amide bonds. The molecule has 0 radical (unpaired) electrons. The standard InChI is InChI=1S/C17H14BrClFN3O2/c18-15-14(20)10(3-4-21-15)12-6-9(7-24)23-17(12)11-2-1-8(19)5-13(11)22-16(17)25/h1-5,9,12,23-24H,6-7H2,(H,22,25)/t9-,12-,17-/m1/s1. The summed E-state index contributed by atoms with van der Waals surface area (Å²) in [6, 6.07) is 6.39. The number of amides is 1. The number of aliphatic hydroxyl groups is 1. The van der Waals surface area contributed by atoms with Crippen molar-refractivity contribution in [2.75, 3.05) is 11.9 Å². The number of rotatable bonds is 2. The topological polar surface area (TPSA) is 74.2 Å². The Hall–Kier alpha value is -1.54. The lowest BCUT2D eigenvalue weighted by atomic mass is 9.76. The minimum Gasteiger partial charge on any atom is -0.395 e.